The molecule has 0 unspecified atom stereocenters. The first-order valence-electron chi connectivity index (χ1n) is 9.36. The number of carbonyl (C=O) groups is 1. The van der Waals surface area contributed by atoms with E-state index in [0.717, 1.165) is 65.0 Å². The molecule has 0 aromatic rings. The highest BCUT2D eigenvalue weighted by atomic mass is 16.5. The maximum absolute atomic E-state index is 12.5. The largest absolute Gasteiger partial charge is 0.379 e. The smallest absolute Gasteiger partial charge is 0.226 e. The topological polar surface area (TPSA) is 38.8 Å². The second-order valence-electron chi connectivity index (χ2n) is 7.46. The van der Waals surface area contributed by atoms with Crippen molar-refractivity contribution >= 4 is 5.91 Å². The lowest BCUT2D eigenvalue weighted by Crippen LogP contribution is -2.43. The van der Waals surface area contributed by atoms with Crippen LogP contribution >= 0.6 is 0 Å². The Morgan fingerprint density at radius 1 is 1.39 bits per heavy atom. The van der Waals surface area contributed by atoms with Gasteiger partial charge in [-0.3, -0.25) is 4.79 Å². The number of rotatable bonds is 5. The van der Waals surface area contributed by atoms with Crippen molar-refractivity contribution in [2.24, 2.45) is 5.41 Å². The first-order valence-corrected chi connectivity index (χ1v) is 9.36. The minimum atomic E-state index is 0.254. The number of allylic oxidation sites excluding steroid dienone is 1. The lowest BCUT2D eigenvalue weighted by Gasteiger charge is -2.38. The maximum Gasteiger partial charge on any atom is 0.226 e. The third-order valence-corrected chi connectivity index (χ3v) is 5.73. The zero-order chi connectivity index (χ0) is 16.1. The van der Waals surface area contributed by atoms with E-state index in [-0.39, 0.29) is 6.10 Å². The van der Waals surface area contributed by atoms with Crippen LogP contribution in [0.5, 0.6) is 0 Å². The van der Waals surface area contributed by atoms with E-state index in [9.17, 15) is 4.79 Å². The Labute approximate surface area is 140 Å². The van der Waals surface area contributed by atoms with Crippen molar-refractivity contribution in [2.75, 3.05) is 32.9 Å². The van der Waals surface area contributed by atoms with Crippen LogP contribution in [0.2, 0.25) is 0 Å². The van der Waals surface area contributed by atoms with Crippen molar-refractivity contribution in [3.05, 3.63) is 11.6 Å². The fourth-order valence-electron chi connectivity index (χ4n) is 4.20. The summed E-state index contributed by atoms with van der Waals surface area (Å²) in [5.41, 5.74) is 1.66. The first kappa shape index (κ1) is 17.0. The quantitative estimate of drug-likeness (QED) is 0.729. The van der Waals surface area contributed by atoms with Crippen LogP contribution < -0.4 is 0 Å². The van der Waals surface area contributed by atoms with E-state index in [1.165, 1.54) is 18.4 Å². The normalized spacial score (nSPS) is 27.3. The molecule has 2 saturated heterocycles. The fourth-order valence-corrected chi connectivity index (χ4v) is 4.20. The Kier molecular flexibility index (Phi) is 5.76. The number of hydrogen-bond donors (Lipinski definition) is 0. The molecular formula is C19H31NO3. The van der Waals surface area contributed by atoms with Gasteiger partial charge in [0.25, 0.3) is 0 Å². The molecule has 2 heterocycles. The van der Waals surface area contributed by atoms with E-state index < -0.39 is 0 Å². The monoisotopic (exact) mass is 321 g/mol. The van der Waals surface area contributed by atoms with Crippen LogP contribution in [-0.2, 0) is 14.3 Å². The van der Waals surface area contributed by atoms with E-state index in [2.05, 4.69) is 11.0 Å². The van der Waals surface area contributed by atoms with Gasteiger partial charge in [-0.1, -0.05) is 11.6 Å². The third-order valence-electron chi connectivity index (χ3n) is 5.73. The Bertz CT molecular complexity index is 438. The molecule has 2 aliphatic heterocycles. The minimum Gasteiger partial charge on any atom is -0.379 e. The second kappa shape index (κ2) is 7.80. The van der Waals surface area contributed by atoms with Gasteiger partial charge in [-0.05, 0) is 57.3 Å². The molecule has 0 aromatic carbocycles. The van der Waals surface area contributed by atoms with Crippen LogP contribution in [0.3, 0.4) is 0 Å². The first-order chi connectivity index (χ1) is 11.2. The number of amides is 1. The summed E-state index contributed by atoms with van der Waals surface area (Å²) < 4.78 is 11.4. The van der Waals surface area contributed by atoms with Crippen LogP contribution in [0.4, 0.5) is 0 Å². The van der Waals surface area contributed by atoms with Gasteiger partial charge in [-0.25, -0.2) is 0 Å². The molecule has 3 rings (SSSR count). The summed E-state index contributed by atoms with van der Waals surface area (Å²) in [4.78, 5) is 14.6. The van der Waals surface area contributed by atoms with Gasteiger partial charge < -0.3 is 14.4 Å². The molecule has 23 heavy (non-hydrogen) atoms. The van der Waals surface area contributed by atoms with Gasteiger partial charge in [0, 0.05) is 26.1 Å². The highest BCUT2D eigenvalue weighted by Gasteiger charge is 2.43. The molecule has 1 atom stereocenters. The van der Waals surface area contributed by atoms with E-state index >= 15 is 0 Å². The van der Waals surface area contributed by atoms with Crippen LogP contribution in [0.25, 0.3) is 0 Å². The van der Waals surface area contributed by atoms with Gasteiger partial charge in [0.1, 0.15) is 0 Å². The zero-order valence-electron chi connectivity index (χ0n) is 14.5. The number of piperidine rings is 1. The molecule has 4 heteroatoms. The average molecular weight is 321 g/mol. The van der Waals surface area contributed by atoms with Gasteiger partial charge in [-0.2, -0.15) is 0 Å². The Balaban J connectivity index is 1.45. The molecule has 2 fully saturated rings. The molecule has 0 bridgehead atoms. The summed E-state index contributed by atoms with van der Waals surface area (Å²) in [6.07, 6.45) is 11.3. The Morgan fingerprint density at radius 3 is 2.91 bits per heavy atom. The Hall–Kier alpha value is -0.870. The van der Waals surface area contributed by atoms with Crippen LogP contribution in [-0.4, -0.2) is 49.8 Å². The number of hydrogen-bond acceptors (Lipinski definition) is 3. The van der Waals surface area contributed by atoms with Crippen molar-refractivity contribution in [2.45, 2.75) is 64.4 Å². The van der Waals surface area contributed by atoms with Crippen molar-refractivity contribution in [1.82, 2.24) is 4.90 Å². The van der Waals surface area contributed by atoms with Crippen LogP contribution in [0.15, 0.2) is 11.6 Å². The summed E-state index contributed by atoms with van der Waals surface area (Å²) in [5, 5.41) is 0. The minimum absolute atomic E-state index is 0.254. The molecule has 3 aliphatic rings. The Morgan fingerprint density at radius 2 is 2.22 bits per heavy atom. The third kappa shape index (κ3) is 4.36. The standard InChI is InChI=1S/C19H31NO3/c1-2-22-14-17-13-19(15-23-17)8-10-20(11-9-19)18(21)12-16-6-4-3-5-7-16/h6,17H,2-5,7-15H2,1H3/t17-/m0/s1. The lowest BCUT2D eigenvalue weighted by molar-refractivity contribution is -0.132. The van der Waals surface area contributed by atoms with Crippen molar-refractivity contribution in [1.29, 1.82) is 0 Å². The van der Waals surface area contributed by atoms with Gasteiger partial charge in [0.05, 0.1) is 19.3 Å². The van der Waals surface area contributed by atoms with Crippen LogP contribution in [0.1, 0.15) is 58.3 Å². The highest BCUT2D eigenvalue weighted by molar-refractivity contribution is 5.78. The lowest BCUT2D eigenvalue weighted by atomic mass is 9.76. The highest BCUT2D eigenvalue weighted by Crippen LogP contribution is 2.42. The van der Waals surface area contributed by atoms with Gasteiger partial charge in [0.2, 0.25) is 5.91 Å². The number of nitrogens with zero attached hydrogens (tertiary/aromatic N) is 1. The number of likely N-dealkylation sites (tertiary alicyclic amines) is 1. The molecule has 1 spiro atoms. The van der Waals surface area contributed by atoms with E-state index in [4.69, 9.17) is 9.47 Å². The van der Waals surface area contributed by atoms with Crippen molar-refractivity contribution < 1.29 is 14.3 Å². The summed E-state index contributed by atoms with van der Waals surface area (Å²) in [6, 6.07) is 0. The van der Waals surface area contributed by atoms with Gasteiger partial charge in [0.15, 0.2) is 0 Å². The summed E-state index contributed by atoms with van der Waals surface area (Å²) in [6.45, 7) is 6.14. The fraction of sp³-hybridized carbons (Fsp3) is 0.842. The predicted molar refractivity (Wildman–Crippen MR) is 90.3 cm³/mol. The average Bonchev–Trinajstić information content (AvgIpc) is 2.97. The van der Waals surface area contributed by atoms with Crippen molar-refractivity contribution in [3.63, 3.8) is 0 Å². The molecular weight excluding hydrogens is 290 g/mol. The summed E-state index contributed by atoms with van der Waals surface area (Å²) in [7, 11) is 0. The number of carbonyl (C=O) groups excluding carboxylic acids is 1. The van der Waals surface area contributed by atoms with E-state index in [1.807, 2.05) is 6.92 Å². The van der Waals surface area contributed by atoms with Gasteiger partial charge in [-0.15, -0.1) is 0 Å². The SMILES string of the molecule is CCOC[C@@H]1CC2(CCN(C(=O)CC3=CCCCC3)CC2)CO1. The van der Waals surface area contributed by atoms with E-state index in [1.54, 1.807) is 0 Å². The molecule has 0 radical (unpaired) electrons. The molecule has 1 aliphatic carbocycles. The zero-order valence-corrected chi connectivity index (χ0v) is 14.5. The maximum atomic E-state index is 12.5. The molecule has 4 nitrogen and oxygen atoms in total. The molecule has 0 saturated carbocycles. The summed E-state index contributed by atoms with van der Waals surface area (Å²) >= 11 is 0. The predicted octanol–water partition coefficient (Wildman–Crippen LogP) is 3.31. The molecule has 0 aromatic heterocycles. The van der Waals surface area contributed by atoms with Crippen LogP contribution in [0, 0.1) is 5.41 Å². The molecule has 0 N–H and O–H groups in total. The summed E-state index contributed by atoms with van der Waals surface area (Å²) in [5.74, 6) is 0.331. The second-order valence-corrected chi connectivity index (χ2v) is 7.46. The van der Waals surface area contributed by atoms with E-state index in [0.29, 0.717) is 17.7 Å². The van der Waals surface area contributed by atoms with Crippen molar-refractivity contribution in [3.8, 4) is 0 Å². The van der Waals surface area contributed by atoms with Gasteiger partial charge >= 0.3 is 0 Å². The molecule has 1 amide bonds. The molecule has 130 valence electrons. The number of ether oxygens (including phenoxy) is 2.